The van der Waals surface area contributed by atoms with Crippen LogP contribution in [-0.4, -0.2) is 51.5 Å². The molecular formula is C32H39NO5S. The molecule has 0 bridgehead atoms. The number of thioether (sulfide) groups is 1. The number of ketones is 2. The Bertz CT molecular complexity index is 1230. The van der Waals surface area contributed by atoms with E-state index in [1.165, 1.54) is 24.6 Å². The molecule has 6 aliphatic rings. The number of fused-ring (bicyclic) bond motifs is 7. The van der Waals surface area contributed by atoms with Crippen LogP contribution in [0.15, 0.2) is 53.2 Å². The van der Waals surface area contributed by atoms with Gasteiger partial charge in [0, 0.05) is 28.9 Å². The van der Waals surface area contributed by atoms with Gasteiger partial charge in [-0.1, -0.05) is 56.2 Å². The predicted octanol–water partition coefficient (Wildman–Crippen LogP) is 5.30. The van der Waals surface area contributed by atoms with Crippen LogP contribution in [0.4, 0.5) is 0 Å². The molecule has 1 aromatic rings. The molecule has 6 nitrogen and oxygen atoms in total. The molecule has 6 unspecified atom stereocenters. The number of nitrogens with zero attached hydrogens (tertiary/aromatic N) is 1. The van der Waals surface area contributed by atoms with Crippen molar-refractivity contribution < 1.29 is 24.2 Å². The van der Waals surface area contributed by atoms with Gasteiger partial charge in [0.15, 0.2) is 23.5 Å². The lowest BCUT2D eigenvalue weighted by Gasteiger charge is -2.59. The van der Waals surface area contributed by atoms with Gasteiger partial charge < -0.3 is 14.6 Å². The molecule has 0 spiro atoms. The SMILES string of the molecule is CC12C=CC(=O)C=C1CCC1C2[C@@H](O)CC2(C)C1C[C@H]1OC(C3CCCC3)O[C@]12C(=O)CSc1ccccn1. The summed E-state index contributed by atoms with van der Waals surface area (Å²) in [4.78, 5) is 31.0. The minimum Gasteiger partial charge on any atom is -0.393 e. The van der Waals surface area contributed by atoms with Crippen LogP contribution < -0.4 is 0 Å². The minimum absolute atomic E-state index is 0.0134. The molecule has 1 aliphatic heterocycles. The highest BCUT2D eigenvalue weighted by Crippen LogP contribution is 2.70. The van der Waals surface area contributed by atoms with Gasteiger partial charge in [-0.3, -0.25) is 9.59 Å². The van der Waals surface area contributed by atoms with Crippen LogP contribution in [0.25, 0.3) is 0 Å². The second kappa shape index (κ2) is 9.37. The number of carbonyl (C=O) groups excluding carboxylic acids is 2. The highest BCUT2D eigenvalue weighted by atomic mass is 32.2. The van der Waals surface area contributed by atoms with Gasteiger partial charge in [0.2, 0.25) is 0 Å². The van der Waals surface area contributed by atoms with Crippen LogP contribution in [0, 0.1) is 34.5 Å². The van der Waals surface area contributed by atoms with E-state index in [9.17, 15) is 14.7 Å². The molecule has 5 fully saturated rings. The second-order valence-corrected chi connectivity index (χ2v) is 14.2. The summed E-state index contributed by atoms with van der Waals surface area (Å²) in [6, 6.07) is 5.76. The van der Waals surface area contributed by atoms with E-state index in [1.807, 2.05) is 24.3 Å². The molecule has 1 N–H and O–H groups in total. The minimum atomic E-state index is -1.06. The van der Waals surface area contributed by atoms with E-state index >= 15 is 0 Å². The Kier molecular flexibility index (Phi) is 6.27. The van der Waals surface area contributed by atoms with Gasteiger partial charge in [-0.05, 0) is 74.6 Å². The molecule has 0 radical (unpaired) electrons. The zero-order chi connectivity index (χ0) is 27.0. The second-order valence-electron chi connectivity index (χ2n) is 13.2. The molecular weight excluding hydrogens is 510 g/mol. The van der Waals surface area contributed by atoms with Crippen molar-refractivity contribution >= 4 is 23.3 Å². The largest absolute Gasteiger partial charge is 0.393 e. The van der Waals surface area contributed by atoms with Gasteiger partial charge in [0.25, 0.3) is 0 Å². The van der Waals surface area contributed by atoms with Crippen LogP contribution in [0.3, 0.4) is 0 Å². The first-order chi connectivity index (χ1) is 18.8. The van der Waals surface area contributed by atoms with E-state index in [0.717, 1.165) is 42.7 Å². The Morgan fingerprint density at radius 3 is 2.79 bits per heavy atom. The first kappa shape index (κ1) is 26.1. The molecule has 0 amide bonds. The van der Waals surface area contributed by atoms with Crippen LogP contribution in [-0.2, 0) is 19.1 Å². The Morgan fingerprint density at radius 1 is 1.21 bits per heavy atom. The number of ether oxygens (including phenoxy) is 2. The van der Waals surface area contributed by atoms with E-state index in [1.54, 1.807) is 18.3 Å². The van der Waals surface area contributed by atoms with Crippen molar-refractivity contribution in [3.05, 3.63) is 48.2 Å². The van der Waals surface area contributed by atoms with E-state index in [-0.39, 0.29) is 52.9 Å². The number of Topliss-reactive ketones (excluding diaryl/α,β-unsaturated/α-hetero) is 1. The summed E-state index contributed by atoms with van der Waals surface area (Å²) >= 11 is 1.46. The van der Waals surface area contributed by atoms with Crippen molar-refractivity contribution in [2.75, 3.05) is 5.75 Å². The standard InChI is InChI=1S/C32H39NO5S/c1-30-13-12-21(34)15-20(30)10-11-22-23-16-26-32(31(23,2)17-24(35)28(22)30,38-29(37-26)19-7-3-4-8-19)25(36)18-39-27-9-5-6-14-33-27/h5-6,9,12-15,19,22-24,26,28-29,35H,3-4,7-8,10-11,16-18H2,1-2H3/t22?,23?,24-,26+,28?,29?,30?,31?,32+/m0/s1. The fraction of sp³-hybridized carbons (Fsp3) is 0.656. The summed E-state index contributed by atoms with van der Waals surface area (Å²) in [5.41, 5.74) is -0.786. The molecule has 0 aromatic carbocycles. The first-order valence-electron chi connectivity index (χ1n) is 14.8. The summed E-state index contributed by atoms with van der Waals surface area (Å²) in [5.74, 6) is 1.17. The van der Waals surface area contributed by atoms with Crippen molar-refractivity contribution in [1.82, 2.24) is 4.98 Å². The van der Waals surface area contributed by atoms with Gasteiger partial charge >= 0.3 is 0 Å². The average molecular weight is 550 g/mol. The normalized spacial score (nSPS) is 44.9. The molecule has 4 saturated carbocycles. The lowest BCUT2D eigenvalue weighted by Crippen LogP contribution is -2.63. The maximum Gasteiger partial charge on any atom is 0.178 e. The van der Waals surface area contributed by atoms with Gasteiger partial charge in [-0.15, -0.1) is 0 Å². The number of hydrogen-bond acceptors (Lipinski definition) is 7. The molecule has 7 heteroatoms. The van der Waals surface area contributed by atoms with Gasteiger partial charge in [0.05, 0.1) is 23.0 Å². The Morgan fingerprint density at radius 2 is 2.03 bits per heavy atom. The molecule has 1 aromatic heterocycles. The zero-order valence-electron chi connectivity index (χ0n) is 22.9. The predicted molar refractivity (Wildman–Crippen MR) is 148 cm³/mol. The summed E-state index contributed by atoms with van der Waals surface area (Å²) in [5, 5.41) is 12.7. The molecule has 5 aliphatic carbocycles. The fourth-order valence-corrected chi connectivity index (χ4v) is 10.5. The molecule has 1 saturated heterocycles. The van der Waals surface area contributed by atoms with Crippen LogP contribution in [0.5, 0.6) is 0 Å². The number of pyridine rings is 1. The lowest BCUT2D eigenvalue weighted by atomic mass is 9.46. The molecule has 39 heavy (non-hydrogen) atoms. The monoisotopic (exact) mass is 549 g/mol. The number of hydrogen-bond donors (Lipinski definition) is 1. The summed E-state index contributed by atoms with van der Waals surface area (Å²) < 4.78 is 13.7. The van der Waals surface area contributed by atoms with E-state index < -0.39 is 17.1 Å². The van der Waals surface area contributed by atoms with Crippen molar-refractivity contribution in [2.45, 2.75) is 94.3 Å². The van der Waals surface area contributed by atoms with Crippen LogP contribution >= 0.6 is 11.8 Å². The molecule has 7 rings (SSSR count). The van der Waals surface area contributed by atoms with Crippen molar-refractivity contribution in [2.24, 2.45) is 34.5 Å². The summed E-state index contributed by atoms with van der Waals surface area (Å²) in [6.45, 7) is 4.39. The smallest absolute Gasteiger partial charge is 0.178 e. The quantitative estimate of drug-likeness (QED) is 0.499. The Labute approximate surface area is 235 Å². The molecule has 2 heterocycles. The summed E-state index contributed by atoms with van der Waals surface area (Å²) in [7, 11) is 0. The third kappa shape index (κ3) is 3.75. The third-order valence-electron chi connectivity index (χ3n) is 11.4. The number of rotatable bonds is 5. The van der Waals surface area contributed by atoms with Gasteiger partial charge in [-0.2, -0.15) is 0 Å². The van der Waals surface area contributed by atoms with E-state index in [2.05, 4.69) is 18.8 Å². The molecule has 208 valence electrons. The van der Waals surface area contributed by atoms with E-state index in [0.29, 0.717) is 12.3 Å². The van der Waals surface area contributed by atoms with Crippen molar-refractivity contribution in [3.8, 4) is 0 Å². The van der Waals surface area contributed by atoms with Crippen LogP contribution in [0.1, 0.15) is 65.2 Å². The zero-order valence-corrected chi connectivity index (χ0v) is 23.7. The van der Waals surface area contributed by atoms with Crippen molar-refractivity contribution in [3.63, 3.8) is 0 Å². The number of aromatic nitrogens is 1. The fourth-order valence-electron chi connectivity index (χ4n) is 9.71. The average Bonchev–Trinajstić information content (AvgIpc) is 3.63. The third-order valence-corrected chi connectivity index (χ3v) is 12.4. The molecule has 9 atom stereocenters. The number of carbonyl (C=O) groups is 2. The maximum atomic E-state index is 14.4. The number of aliphatic hydroxyl groups is 1. The number of allylic oxidation sites excluding steroid dienone is 4. The topological polar surface area (TPSA) is 85.7 Å². The maximum absolute atomic E-state index is 14.4. The Hall–Kier alpha value is -1.80. The van der Waals surface area contributed by atoms with Gasteiger partial charge in [-0.25, -0.2) is 4.98 Å². The van der Waals surface area contributed by atoms with Crippen molar-refractivity contribution in [1.29, 1.82) is 0 Å². The first-order valence-corrected chi connectivity index (χ1v) is 15.8. The summed E-state index contributed by atoms with van der Waals surface area (Å²) in [6.07, 6.45) is 13.6. The Balaban J connectivity index is 1.24. The highest BCUT2D eigenvalue weighted by molar-refractivity contribution is 7.99. The lowest BCUT2D eigenvalue weighted by molar-refractivity contribution is -0.205. The van der Waals surface area contributed by atoms with Gasteiger partial charge in [0.1, 0.15) is 0 Å². The number of aliphatic hydroxyl groups excluding tert-OH is 1. The highest BCUT2D eigenvalue weighted by Gasteiger charge is 2.76. The van der Waals surface area contributed by atoms with Crippen LogP contribution in [0.2, 0.25) is 0 Å². The van der Waals surface area contributed by atoms with E-state index in [4.69, 9.17) is 9.47 Å².